The Kier molecular flexibility index (Phi) is 10.5. The van der Waals surface area contributed by atoms with E-state index in [0.717, 1.165) is 52.4 Å². The summed E-state index contributed by atoms with van der Waals surface area (Å²) < 4.78 is 0. The van der Waals surface area contributed by atoms with Crippen LogP contribution < -0.4 is 9.80 Å². The van der Waals surface area contributed by atoms with Gasteiger partial charge >= 0.3 is 0 Å². The Morgan fingerprint density at radius 1 is 0.281 bits per heavy atom. The molecule has 0 saturated heterocycles. The van der Waals surface area contributed by atoms with E-state index in [0.29, 0.717) is 0 Å². The van der Waals surface area contributed by atoms with E-state index < -0.39 is 0 Å². The van der Waals surface area contributed by atoms with E-state index in [1.165, 1.54) is 60.6 Å². The highest BCUT2D eigenvalue weighted by atomic mass is 15.2. The largest absolute Gasteiger partial charge is 0.310 e. The van der Waals surface area contributed by atoms with Crippen molar-refractivity contribution in [1.29, 1.82) is 0 Å². The minimum absolute atomic E-state index is 1.01. The van der Waals surface area contributed by atoms with Crippen molar-refractivity contribution in [3.05, 3.63) is 261 Å². The number of hydrogen-bond acceptors (Lipinski definition) is 2. The molecule has 0 aliphatic heterocycles. The molecule has 0 unspecified atom stereocenters. The van der Waals surface area contributed by atoms with E-state index in [1.54, 1.807) is 0 Å². The van der Waals surface area contributed by atoms with Crippen LogP contribution in [0.4, 0.5) is 28.4 Å². The molecule has 0 radical (unpaired) electrons. The number of fused-ring (bicyclic) bond motifs is 2. The molecule has 0 saturated carbocycles. The van der Waals surface area contributed by atoms with Crippen LogP contribution in [0.3, 0.4) is 0 Å². The van der Waals surface area contributed by atoms with Crippen LogP contribution in [-0.2, 0) is 0 Å². The summed E-state index contributed by atoms with van der Waals surface area (Å²) in [5.41, 5.74) is 16.3. The fourth-order valence-electron chi connectivity index (χ4n) is 9.39. The van der Waals surface area contributed by atoms with Crippen molar-refractivity contribution in [2.24, 2.45) is 0 Å². The van der Waals surface area contributed by atoms with Gasteiger partial charge in [-0.2, -0.15) is 0 Å². The van der Waals surface area contributed by atoms with Crippen LogP contribution in [0.15, 0.2) is 261 Å². The van der Waals surface area contributed by atoms with Crippen molar-refractivity contribution in [3.63, 3.8) is 0 Å². The Labute approximate surface area is 376 Å². The third-order valence-corrected chi connectivity index (χ3v) is 12.5. The molecule has 0 heterocycles. The lowest BCUT2D eigenvalue weighted by Crippen LogP contribution is -2.17. The zero-order valence-electron chi connectivity index (χ0n) is 35.6. The minimum Gasteiger partial charge on any atom is -0.310 e. The average molecular weight is 819 g/mol. The van der Waals surface area contributed by atoms with Crippen LogP contribution in [0.1, 0.15) is 12.8 Å². The van der Waals surface area contributed by atoms with Gasteiger partial charge in [0.25, 0.3) is 0 Å². The van der Waals surface area contributed by atoms with Crippen LogP contribution >= 0.6 is 0 Å². The summed E-state index contributed by atoms with van der Waals surface area (Å²) in [6, 6.07) is 85.8. The third kappa shape index (κ3) is 7.46. The topological polar surface area (TPSA) is 6.48 Å². The highest BCUT2D eigenvalue weighted by Gasteiger charge is 2.21. The van der Waals surface area contributed by atoms with E-state index in [2.05, 4.69) is 265 Å². The molecule has 0 aromatic heterocycles. The second kappa shape index (κ2) is 17.3. The minimum atomic E-state index is 1.01. The van der Waals surface area contributed by atoms with Crippen LogP contribution in [-0.4, -0.2) is 0 Å². The molecule has 2 nitrogen and oxygen atoms in total. The quantitative estimate of drug-likeness (QED) is 0.136. The zero-order chi connectivity index (χ0) is 42.7. The van der Waals surface area contributed by atoms with Gasteiger partial charge in [0.15, 0.2) is 0 Å². The summed E-state index contributed by atoms with van der Waals surface area (Å²) in [4.78, 5) is 4.80. The summed E-state index contributed by atoms with van der Waals surface area (Å²) in [7, 11) is 0. The van der Waals surface area contributed by atoms with Gasteiger partial charge in [-0.25, -0.2) is 0 Å². The molecule has 0 amide bonds. The van der Waals surface area contributed by atoms with Gasteiger partial charge in [0.2, 0.25) is 0 Å². The number of benzene rings is 10. The second-order valence-electron chi connectivity index (χ2n) is 16.4. The molecule has 304 valence electrons. The Balaban J connectivity index is 0.946. The Morgan fingerprint density at radius 2 is 0.672 bits per heavy atom. The number of rotatable bonds is 10. The van der Waals surface area contributed by atoms with Crippen molar-refractivity contribution in [2.75, 3.05) is 9.80 Å². The van der Waals surface area contributed by atoms with E-state index in [-0.39, 0.29) is 0 Å². The Bertz CT molecular complexity index is 3300. The highest BCUT2D eigenvalue weighted by Crippen LogP contribution is 2.44. The fraction of sp³-hybridized carbons (Fsp3) is 0.0323. The van der Waals surface area contributed by atoms with Gasteiger partial charge in [-0.1, -0.05) is 200 Å². The molecule has 10 aromatic rings. The predicted molar refractivity (Wildman–Crippen MR) is 273 cm³/mol. The van der Waals surface area contributed by atoms with Crippen LogP contribution in [0.2, 0.25) is 0 Å². The number of anilines is 5. The van der Waals surface area contributed by atoms with E-state index in [4.69, 9.17) is 0 Å². The van der Waals surface area contributed by atoms with E-state index in [1.807, 2.05) is 0 Å². The number of para-hydroxylation sites is 3. The summed E-state index contributed by atoms with van der Waals surface area (Å²) in [6.45, 7) is 0. The van der Waals surface area contributed by atoms with Gasteiger partial charge in [-0.3, -0.25) is 0 Å². The summed E-state index contributed by atoms with van der Waals surface area (Å²) >= 11 is 0. The SMILES string of the molecule is C1=CC(N(c2ccc(-c3cccc4ccccc34)cc2)c2ccccc2-c2ccc(-c3ccccc3N(c3ccccc3)c3ccc(-c4cccc5ccccc45)cc3)cc2)=CCC1. The molecule has 11 rings (SSSR count). The molecule has 0 atom stereocenters. The molecular formula is C62H46N2. The molecule has 0 bridgehead atoms. The highest BCUT2D eigenvalue weighted by molar-refractivity contribution is 5.99. The maximum Gasteiger partial charge on any atom is 0.0540 e. The number of nitrogens with zero attached hydrogens (tertiary/aromatic N) is 2. The fourth-order valence-corrected chi connectivity index (χ4v) is 9.39. The Morgan fingerprint density at radius 3 is 1.20 bits per heavy atom. The van der Waals surface area contributed by atoms with Gasteiger partial charge in [-0.05, 0) is 122 Å². The van der Waals surface area contributed by atoms with Crippen molar-refractivity contribution >= 4 is 50.0 Å². The molecule has 10 aromatic carbocycles. The molecule has 0 fully saturated rings. The maximum absolute atomic E-state index is 2.42. The van der Waals surface area contributed by atoms with Crippen LogP contribution in [0.5, 0.6) is 0 Å². The van der Waals surface area contributed by atoms with Gasteiger partial charge < -0.3 is 9.80 Å². The van der Waals surface area contributed by atoms with Gasteiger partial charge in [0.05, 0.1) is 11.4 Å². The van der Waals surface area contributed by atoms with Crippen molar-refractivity contribution in [3.8, 4) is 44.5 Å². The molecule has 2 heteroatoms. The lowest BCUT2D eigenvalue weighted by Gasteiger charge is -2.30. The van der Waals surface area contributed by atoms with Gasteiger partial charge in [0, 0.05) is 33.9 Å². The van der Waals surface area contributed by atoms with Crippen molar-refractivity contribution < 1.29 is 0 Å². The van der Waals surface area contributed by atoms with Crippen LogP contribution in [0.25, 0.3) is 66.1 Å². The Hall–Kier alpha value is -8.20. The smallest absolute Gasteiger partial charge is 0.0540 e. The first kappa shape index (κ1) is 38.7. The first-order valence-electron chi connectivity index (χ1n) is 22.2. The first-order chi connectivity index (χ1) is 31.8. The summed E-state index contributed by atoms with van der Waals surface area (Å²) in [5.74, 6) is 0. The first-order valence-corrected chi connectivity index (χ1v) is 22.2. The summed E-state index contributed by atoms with van der Waals surface area (Å²) in [5, 5.41) is 5.03. The zero-order valence-corrected chi connectivity index (χ0v) is 35.6. The normalized spacial score (nSPS) is 12.3. The van der Waals surface area contributed by atoms with Gasteiger partial charge in [-0.15, -0.1) is 0 Å². The van der Waals surface area contributed by atoms with Crippen LogP contribution in [0, 0.1) is 0 Å². The second-order valence-corrected chi connectivity index (χ2v) is 16.4. The monoisotopic (exact) mass is 818 g/mol. The molecule has 1 aliphatic carbocycles. The summed E-state index contributed by atoms with van der Waals surface area (Å²) in [6.07, 6.45) is 9.00. The predicted octanol–water partition coefficient (Wildman–Crippen LogP) is 17.5. The van der Waals surface area contributed by atoms with E-state index in [9.17, 15) is 0 Å². The van der Waals surface area contributed by atoms with Gasteiger partial charge in [0.1, 0.15) is 0 Å². The molecule has 64 heavy (non-hydrogen) atoms. The average Bonchev–Trinajstić information content (AvgIpc) is 3.38. The molecular weight excluding hydrogens is 773 g/mol. The lowest BCUT2D eigenvalue weighted by molar-refractivity contribution is 0.997. The third-order valence-electron chi connectivity index (χ3n) is 12.5. The molecule has 0 spiro atoms. The standard InChI is InChI=1S/C62H46N2/c1-3-21-51(22-4-1)63(53-41-37-47(38-42-53)57-29-15-19-45-17-7-9-25-55(45)57)61-31-13-11-27-59(61)49-33-35-50(36-34-49)60-28-12-14-32-62(60)64(52-23-5-2-6-24-52)54-43-39-48(40-44-54)58-30-16-20-46-18-8-10-26-56(46)58/h1,3-5,7-44H,2,6H2. The molecule has 1 aliphatic rings. The maximum atomic E-state index is 2.42. The van der Waals surface area contributed by atoms with Crippen molar-refractivity contribution in [1.82, 2.24) is 0 Å². The molecule has 0 N–H and O–H groups in total. The van der Waals surface area contributed by atoms with Crippen molar-refractivity contribution in [2.45, 2.75) is 12.8 Å². The number of hydrogen-bond donors (Lipinski definition) is 0. The lowest BCUT2D eigenvalue weighted by atomic mass is 9.96. The number of allylic oxidation sites excluding steroid dienone is 3. The van der Waals surface area contributed by atoms with E-state index >= 15 is 0 Å².